The molecular weight excluding hydrogens is 204 g/mol. The van der Waals surface area contributed by atoms with Crippen molar-refractivity contribution in [2.24, 2.45) is 0 Å². The second-order valence-corrected chi connectivity index (χ2v) is 4.72. The first-order valence-electron chi connectivity index (χ1n) is 4.91. The van der Waals surface area contributed by atoms with Gasteiger partial charge in [0.1, 0.15) is 5.75 Å². The van der Waals surface area contributed by atoms with E-state index in [0.717, 1.165) is 12.0 Å². The number of hydrogen-bond acceptors (Lipinski definition) is 2. The van der Waals surface area contributed by atoms with Crippen LogP contribution in [0.1, 0.15) is 11.1 Å². The summed E-state index contributed by atoms with van der Waals surface area (Å²) >= 11 is 1.74. The van der Waals surface area contributed by atoms with Gasteiger partial charge >= 0.3 is 0 Å². The van der Waals surface area contributed by atoms with Gasteiger partial charge in [-0.2, -0.15) is 0 Å². The van der Waals surface area contributed by atoms with E-state index in [4.69, 9.17) is 0 Å². The molecule has 0 bridgehead atoms. The number of fused-ring (bicyclic) bond motifs is 2. The van der Waals surface area contributed by atoms with Gasteiger partial charge in [0.15, 0.2) is 0 Å². The second-order valence-electron chi connectivity index (χ2n) is 3.64. The standard InChI is InChI=1S/C13H10OS/c14-11-5-3-7-13-10(11)8-9-4-1-2-6-12(9)15-13/h1-7,14H,8H2. The summed E-state index contributed by atoms with van der Waals surface area (Å²) < 4.78 is 0. The van der Waals surface area contributed by atoms with Crippen LogP contribution in [-0.4, -0.2) is 5.11 Å². The van der Waals surface area contributed by atoms with Gasteiger partial charge in [-0.15, -0.1) is 0 Å². The average Bonchev–Trinajstić information content (AvgIpc) is 2.27. The highest BCUT2D eigenvalue weighted by atomic mass is 32.2. The van der Waals surface area contributed by atoms with Crippen molar-refractivity contribution in [1.29, 1.82) is 0 Å². The Morgan fingerprint density at radius 2 is 1.73 bits per heavy atom. The summed E-state index contributed by atoms with van der Waals surface area (Å²) in [6.07, 6.45) is 0.838. The number of hydrogen-bond donors (Lipinski definition) is 1. The summed E-state index contributed by atoms with van der Waals surface area (Å²) in [5.41, 5.74) is 2.36. The molecule has 15 heavy (non-hydrogen) atoms. The first kappa shape index (κ1) is 8.86. The minimum absolute atomic E-state index is 0.412. The van der Waals surface area contributed by atoms with Crippen molar-refractivity contribution >= 4 is 11.8 Å². The molecule has 0 aromatic heterocycles. The molecular formula is C13H10OS. The number of aromatic hydroxyl groups is 1. The van der Waals surface area contributed by atoms with Crippen molar-refractivity contribution in [3.05, 3.63) is 53.6 Å². The van der Waals surface area contributed by atoms with Crippen LogP contribution in [0.2, 0.25) is 0 Å². The largest absolute Gasteiger partial charge is 0.508 e. The molecule has 1 aliphatic heterocycles. The van der Waals surface area contributed by atoms with Crippen LogP contribution in [0.3, 0.4) is 0 Å². The predicted molar refractivity (Wildman–Crippen MR) is 61.5 cm³/mol. The molecule has 0 unspecified atom stereocenters. The van der Waals surface area contributed by atoms with Crippen LogP contribution in [0.25, 0.3) is 0 Å². The lowest BCUT2D eigenvalue weighted by atomic mass is 10.0. The zero-order valence-corrected chi connectivity index (χ0v) is 8.92. The van der Waals surface area contributed by atoms with Gasteiger partial charge in [-0.05, 0) is 23.8 Å². The van der Waals surface area contributed by atoms with Gasteiger partial charge < -0.3 is 5.11 Å². The molecule has 0 saturated heterocycles. The number of phenolic OH excluding ortho intramolecular Hbond substituents is 1. The highest BCUT2D eigenvalue weighted by Crippen LogP contribution is 2.42. The topological polar surface area (TPSA) is 20.2 Å². The van der Waals surface area contributed by atoms with Crippen molar-refractivity contribution in [2.75, 3.05) is 0 Å². The van der Waals surface area contributed by atoms with Crippen LogP contribution in [0, 0.1) is 0 Å². The minimum atomic E-state index is 0.412. The van der Waals surface area contributed by atoms with Crippen molar-refractivity contribution in [1.82, 2.24) is 0 Å². The van der Waals surface area contributed by atoms with Crippen LogP contribution in [0.4, 0.5) is 0 Å². The van der Waals surface area contributed by atoms with E-state index in [0.29, 0.717) is 5.75 Å². The van der Waals surface area contributed by atoms with Crippen LogP contribution < -0.4 is 0 Å². The monoisotopic (exact) mass is 214 g/mol. The van der Waals surface area contributed by atoms with E-state index in [9.17, 15) is 5.11 Å². The third-order valence-electron chi connectivity index (χ3n) is 2.67. The van der Waals surface area contributed by atoms with Gasteiger partial charge in [0.05, 0.1) is 0 Å². The molecule has 0 spiro atoms. The van der Waals surface area contributed by atoms with E-state index in [-0.39, 0.29) is 0 Å². The summed E-state index contributed by atoms with van der Waals surface area (Å²) in [6.45, 7) is 0. The molecule has 2 aromatic carbocycles. The highest BCUT2D eigenvalue weighted by molar-refractivity contribution is 7.99. The third-order valence-corrected chi connectivity index (χ3v) is 3.89. The first-order chi connectivity index (χ1) is 7.34. The number of benzene rings is 2. The van der Waals surface area contributed by atoms with Crippen molar-refractivity contribution in [2.45, 2.75) is 16.2 Å². The first-order valence-corrected chi connectivity index (χ1v) is 5.73. The summed E-state index contributed by atoms with van der Waals surface area (Å²) in [4.78, 5) is 2.48. The van der Waals surface area contributed by atoms with Crippen molar-refractivity contribution < 1.29 is 5.11 Å². The predicted octanol–water partition coefficient (Wildman–Crippen LogP) is 3.45. The molecule has 1 nitrogen and oxygen atoms in total. The Balaban J connectivity index is 2.15. The second kappa shape index (κ2) is 3.31. The Morgan fingerprint density at radius 1 is 0.933 bits per heavy atom. The van der Waals surface area contributed by atoms with E-state index in [1.165, 1.54) is 15.4 Å². The fourth-order valence-corrected chi connectivity index (χ4v) is 2.99. The maximum Gasteiger partial charge on any atom is 0.120 e. The lowest BCUT2D eigenvalue weighted by Crippen LogP contribution is -1.99. The summed E-state index contributed by atoms with van der Waals surface area (Å²) in [5, 5.41) is 9.77. The summed E-state index contributed by atoms with van der Waals surface area (Å²) in [5.74, 6) is 0.412. The van der Waals surface area contributed by atoms with E-state index < -0.39 is 0 Å². The molecule has 0 aliphatic carbocycles. The molecule has 0 amide bonds. The number of rotatable bonds is 0. The minimum Gasteiger partial charge on any atom is -0.508 e. The molecule has 3 rings (SSSR count). The molecule has 0 atom stereocenters. The molecule has 0 saturated carbocycles. The van der Waals surface area contributed by atoms with Crippen LogP contribution >= 0.6 is 11.8 Å². The maximum absolute atomic E-state index is 9.77. The summed E-state index contributed by atoms with van der Waals surface area (Å²) in [6, 6.07) is 14.1. The summed E-state index contributed by atoms with van der Waals surface area (Å²) in [7, 11) is 0. The third kappa shape index (κ3) is 1.41. The molecule has 0 fully saturated rings. The average molecular weight is 214 g/mol. The fourth-order valence-electron chi connectivity index (χ4n) is 1.89. The molecule has 1 heterocycles. The smallest absolute Gasteiger partial charge is 0.120 e. The molecule has 1 aliphatic rings. The SMILES string of the molecule is Oc1cccc2c1Cc1ccccc1S2. The Morgan fingerprint density at radius 3 is 2.67 bits per heavy atom. The molecule has 74 valence electrons. The highest BCUT2D eigenvalue weighted by Gasteiger charge is 2.17. The Labute approximate surface area is 92.8 Å². The van der Waals surface area contributed by atoms with Crippen molar-refractivity contribution in [3.63, 3.8) is 0 Å². The normalized spacial score (nSPS) is 13.1. The van der Waals surface area contributed by atoms with Crippen LogP contribution in [-0.2, 0) is 6.42 Å². The van der Waals surface area contributed by atoms with Crippen LogP contribution in [0.15, 0.2) is 52.3 Å². The lowest BCUT2D eigenvalue weighted by Gasteiger charge is -2.19. The Kier molecular flexibility index (Phi) is 1.96. The van der Waals surface area contributed by atoms with Gasteiger partial charge in [0, 0.05) is 21.8 Å². The fraction of sp³-hybridized carbons (Fsp3) is 0.0769. The molecule has 0 radical (unpaired) electrons. The number of phenols is 1. The van der Waals surface area contributed by atoms with E-state index in [1.54, 1.807) is 17.8 Å². The van der Waals surface area contributed by atoms with Crippen LogP contribution in [0.5, 0.6) is 5.75 Å². The molecule has 2 heteroatoms. The molecule has 2 aromatic rings. The quantitative estimate of drug-likeness (QED) is 0.618. The van der Waals surface area contributed by atoms with Gasteiger partial charge in [-0.1, -0.05) is 36.0 Å². The Bertz CT molecular complexity index is 520. The van der Waals surface area contributed by atoms with Crippen molar-refractivity contribution in [3.8, 4) is 5.75 Å². The maximum atomic E-state index is 9.77. The zero-order chi connectivity index (χ0) is 10.3. The van der Waals surface area contributed by atoms with Gasteiger partial charge in [0.25, 0.3) is 0 Å². The van der Waals surface area contributed by atoms with Gasteiger partial charge in [-0.25, -0.2) is 0 Å². The Hall–Kier alpha value is -1.41. The van der Waals surface area contributed by atoms with E-state index in [2.05, 4.69) is 24.3 Å². The van der Waals surface area contributed by atoms with E-state index >= 15 is 0 Å². The van der Waals surface area contributed by atoms with Gasteiger partial charge in [0.2, 0.25) is 0 Å². The zero-order valence-electron chi connectivity index (χ0n) is 8.10. The lowest BCUT2D eigenvalue weighted by molar-refractivity contribution is 0.467. The molecule has 1 N–H and O–H groups in total. The van der Waals surface area contributed by atoms with E-state index in [1.807, 2.05) is 12.1 Å². The van der Waals surface area contributed by atoms with Gasteiger partial charge in [-0.3, -0.25) is 0 Å².